The van der Waals surface area contributed by atoms with Crippen LogP contribution in [0.15, 0.2) is 77.7 Å². The number of para-hydroxylation sites is 1. The molecule has 0 saturated carbocycles. The summed E-state index contributed by atoms with van der Waals surface area (Å²) in [6.45, 7) is 0. The lowest BCUT2D eigenvalue weighted by atomic mass is 10.1. The third-order valence-electron chi connectivity index (χ3n) is 4.61. The number of hydrogen-bond donors (Lipinski definition) is 0. The minimum absolute atomic E-state index is 0.0173. The first-order valence-electron chi connectivity index (χ1n) is 8.65. The van der Waals surface area contributed by atoms with E-state index in [0.29, 0.717) is 5.56 Å². The Balaban J connectivity index is 1.94. The van der Waals surface area contributed by atoms with Crippen LogP contribution in [0.25, 0.3) is 11.8 Å². The van der Waals surface area contributed by atoms with Crippen LogP contribution in [-0.2, 0) is 0 Å². The van der Waals surface area contributed by atoms with Gasteiger partial charge in [0.15, 0.2) is 0 Å². The van der Waals surface area contributed by atoms with Crippen LogP contribution in [0.5, 0.6) is 5.75 Å². The van der Waals surface area contributed by atoms with Crippen LogP contribution >= 0.6 is 11.8 Å². The molecule has 1 aliphatic heterocycles. The molecule has 0 aliphatic carbocycles. The smallest absolute Gasteiger partial charge is 0.263 e. The Bertz CT molecular complexity index is 1030. The normalized spacial score (nSPS) is 14.5. The van der Waals surface area contributed by atoms with Crippen molar-refractivity contribution < 1.29 is 9.53 Å². The molecule has 3 aromatic rings. The molecule has 0 fully saturated rings. The first kappa shape index (κ1) is 17.4. The van der Waals surface area contributed by atoms with E-state index in [9.17, 15) is 4.79 Å². The summed E-state index contributed by atoms with van der Waals surface area (Å²) >= 11 is 1.63. The predicted molar refractivity (Wildman–Crippen MR) is 112 cm³/mol. The predicted octanol–water partition coefficient (Wildman–Crippen LogP) is 5.58. The van der Waals surface area contributed by atoms with Crippen molar-refractivity contribution in [3.63, 3.8) is 0 Å². The third-order valence-corrected chi connectivity index (χ3v) is 5.39. The number of fused-ring (bicyclic) bond motifs is 1. The maximum absolute atomic E-state index is 13.3. The molecule has 1 aliphatic rings. The molecule has 3 aromatic carbocycles. The molecule has 1 heterocycles. The third kappa shape index (κ3) is 3.13. The lowest BCUT2D eigenvalue weighted by Gasteiger charge is -2.21. The number of anilines is 1. The van der Waals surface area contributed by atoms with E-state index in [4.69, 9.17) is 4.74 Å². The number of nitrogens with zero attached hydrogens (tertiary/aromatic N) is 1. The van der Waals surface area contributed by atoms with Gasteiger partial charge in [-0.25, -0.2) is 0 Å². The topological polar surface area (TPSA) is 29.5 Å². The highest BCUT2D eigenvalue weighted by molar-refractivity contribution is 7.98. The molecule has 4 rings (SSSR count). The lowest BCUT2D eigenvalue weighted by Crippen LogP contribution is -2.22. The van der Waals surface area contributed by atoms with Gasteiger partial charge in [0.1, 0.15) is 5.75 Å². The second-order valence-corrected chi connectivity index (χ2v) is 7.01. The number of amides is 1. The number of carbonyl (C=O) groups is 1. The molecule has 134 valence electrons. The van der Waals surface area contributed by atoms with E-state index >= 15 is 0 Å². The van der Waals surface area contributed by atoms with Gasteiger partial charge in [-0.15, -0.1) is 11.8 Å². The molecule has 0 spiro atoms. The minimum Gasteiger partial charge on any atom is -0.497 e. The molecule has 27 heavy (non-hydrogen) atoms. The van der Waals surface area contributed by atoms with Gasteiger partial charge in [-0.2, -0.15) is 0 Å². The number of rotatable bonds is 4. The van der Waals surface area contributed by atoms with Gasteiger partial charge in [-0.3, -0.25) is 9.69 Å². The summed E-state index contributed by atoms with van der Waals surface area (Å²) in [7, 11) is 1.64. The van der Waals surface area contributed by atoms with Crippen LogP contribution in [0.3, 0.4) is 0 Å². The van der Waals surface area contributed by atoms with Gasteiger partial charge >= 0.3 is 0 Å². The SMILES string of the molecule is COc1ccc2c(c1)C(=Cc1ccccc1)N(c1ccccc1SC)C2=O. The monoisotopic (exact) mass is 373 g/mol. The molecule has 0 N–H and O–H groups in total. The molecule has 0 bridgehead atoms. The Kier molecular flexibility index (Phi) is 4.73. The molecule has 0 aromatic heterocycles. The molecule has 4 heteroatoms. The van der Waals surface area contributed by atoms with Crippen molar-refractivity contribution in [1.82, 2.24) is 0 Å². The molecule has 3 nitrogen and oxygen atoms in total. The Morgan fingerprint density at radius 1 is 0.926 bits per heavy atom. The summed E-state index contributed by atoms with van der Waals surface area (Å²) in [5, 5.41) is 0. The Hall–Kier alpha value is -2.98. The Labute approximate surface area is 163 Å². The van der Waals surface area contributed by atoms with Crippen LogP contribution in [0.2, 0.25) is 0 Å². The standard InChI is InChI=1S/C23H19NO2S/c1-26-17-12-13-18-19(15-17)21(14-16-8-4-3-5-9-16)24(23(18)25)20-10-6-7-11-22(20)27-2/h3-15H,1-2H3. The van der Waals surface area contributed by atoms with Gasteiger partial charge < -0.3 is 4.74 Å². The molecule has 0 saturated heterocycles. The number of ether oxygens (including phenoxy) is 1. The van der Waals surface area contributed by atoms with Gasteiger partial charge in [0, 0.05) is 16.0 Å². The van der Waals surface area contributed by atoms with E-state index in [0.717, 1.165) is 33.2 Å². The van der Waals surface area contributed by atoms with Crippen LogP contribution in [0.1, 0.15) is 21.5 Å². The average molecular weight is 373 g/mol. The summed E-state index contributed by atoms with van der Waals surface area (Å²) in [4.78, 5) is 16.2. The van der Waals surface area contributed by atoms with E-state index < -0.39 is 0 Å². The highest BCUT2D eigenvalue weighted by Gasteiger charge is 2.34. The summed E-state index contributed by atoms with van der Waals surface area (Å²) in [6.07, 6.45) is 4.08. The Morgan fingerprint density at radius 2 is 1.67 bits per heavy atom. The van der Waals surface area contributed by atoms with Crippen LogP contribution < -0.4 is 9.64 Å². The molecule has 1 amide bonds. The maximum atomic E-state index is 13.3. The summed E-state index contributed by atoms with van der Waals surface area (Å²) in [5.41, 5.74) is 4.38. The second-order valence-electron chi connectivity index (χ2n) is 6.16. The van der Waals surface area contributed by atoms with Gasteiger partial charge in [-0.1, -0.05) is 42.5 Å². The lowest BCUT2D eigenvalue weighted by molar-refractivity contribution is 0.101. The number of benzene rings is 3. The number of hydrogen-bond acceptors (Lipinski definition) is 3. The van der Waals surface area contributed by atoms with Crippen molar-refractivity contribution in [1.29, 1.82) is 0 Å². The highest BCUT2D eigenvalue weighted by atomic mass is 32.2. The molecular formula is C23H19NO2S. The van der Waals surface area contributed by atoms with Gasteiger partial charge in [0.05, 0.1) is 18.5 Å². The van der Waals surface area contributed by atoms with Crippen LogP contribution in [-0.4, -0.2) is 19.3 Å². The van der Waals surface area contributed by atoms with E-state index in [2.05, 4.69) is 6.08 Å². The second kappa shape index (κ2) is 7.33. The minimum atomic E-state index is -0.0173. The van der Waals surface area contributed by atoms with Gasteiger partial charge in [0.2, 0.25) is 0 Å². The zero-order chi connectivity index (χ0) is 18.8. The first-order chi connectivity index (χ1) is 13.2. The van der Waals surface area contributed by atoms with Gasteiger partial charge in [0.25, 0.3) is 5.91 Å². The number of methoxy groups -OCH3 is 1. The van der Waals surface area contributed by atoms with Crippen molar-refractivity contribution in [3.8, 4) is 5.75 Å². The fourth-order valence-corrected chi connectivity index (χ4v) is 3.89. The van der Waals surface area contributed by atoms with Crippen LogP contribution in [0, 0.1) is 0 Å². The highest BCUT2D eigenvalue weighted by Crippen LogP contribution is 2.42. The molecule has 0 radical (unpaired) electrons. The number of thioether (sulfide) groups is 1. The molecule has 0 unspecified atom stereocenters. The van der Waals surface area contributed by atoms with Crippen molar-refractivity contribution in [3.05, 3.63) is 89.5 Å². The van der Waals surface area contributed by atoms with E-state index in [1.165, 1.54) is 0 Å². The van der Waals surface area contributed by atoms with Crippen molar-refractivity contribution in [2.45, 2.75) is 4.90 Å². The fraction of sp³-hybridized carbons (Fsp3) is 0.0870. The number of carbonyl (C=O) groups excluding carboxylic acids is 1. The van der Waals surface area contributed by atoms with E-state index in [1.54, 1.807) is 18.9 Å². The van der Waals surface area contributed by atoms with Crippen molar-refractivity contribution >= 4 is 35.1 Å². The fourth-order valence-electron chi connectivity index (χ4n) is 3.30. The van der Waals surface area contributed by atoms with E-state index in [1.807, 2.05) is 84.0 Å². The van der Waals surface area contributed by atoms with E-state index in [-0.39, 0.29) is 5.91 Å². The van der Waals surface area contributed by atoms with Crippen molar-refractivity contribution in [2.75, 3.05) is 18.3 Å². The summed E-state index contributed by atoms with van der Waals surface area (Å²) in [5.74, 6) is 0.719. The first-order valence-corrected chi connectivity index (χ1v) is 9.88. The van der Waals surface area contributed by atoms with Gasteiger partial charge in [-0.05, 0) is 48.2 Å². The largest absolute Gasteiger partial charge is 0.497 e. The summed E-state index contributed by atoms with van der Waals surface area (Å²) < 4.78 is 5.40. The molecule has 0 atom stereocenters. The zero-order valence-corrected chi connectivity index (χ0v) is 16.0. The maximum Gasteiger partial charge on any atom is 0.263 e. The quantitative estimate of drug-likeness (QED) is 0.560. The zero-order valence-electron chi connectivity index (χ0n) is 15.2. The van der Waals surface area contributed by atoms with Crippen LogP contribution in [0.4, 0.5) is 5.69 Å². The average Bonchev–Trinajstić information content (AvgIpc) is 2.99. The summed E-state index contributed by atoms with van der Waals surface area (Å²) in [6, 6.07) is 23.6. The Morgan fingerprint density at radius 3 is 2.41 bits per heavy atom. The molecular weight excluding hydrogens is 354 g/mol. The van der Waals surface area contributed by atoms with Crippen molar-refractivity contribution in [2.24, 2.45) is 0 Å².